The smallest absolute Gasteiger partial charge is 0.335 e. The van der Waals surface area contributed by atoms with Crippen molar-refractivity contribution < 1.29 is 19.4 Å². The van der Waals surface area contributed by atoms with Gasteiger partial charge in [-0.2, -0.15) is 0 Å². The van der Waals surface area contributed by atoms with E-state index in [4.69, 9.17) is 4.74 Å². The minimum atomic E-state index is -1.01. The number of aliphatic hydroxyl groups excluding tert-OH is 1. The van der Waals surface area contributed by atoms with Crippen LogP contribution in [0.2, 0.25) is 0 Å². The van der Waals surface area contributed by atoms with Crippen molar-refractivity contribution in [2.45, 2.75) is 37.4 Å². The first-order valence-electron chi connectivity index (χ1n) is 5.09. The molecule has 2 aliphatic rings. The molecule has 1 spiro atoms. The fourth-order valence-electron chi connectivity index (χ4n) is 2.42. The SMILES string of the molecule is COC(=O)C(O)[C@@H]1CCCC[C@@]12CO2. The van der Waals surface area contributed by atoms with E-state index in [1.165, 1.54) is 7.11 Å². The van der Waals surface area contributed by atoms with E-state index in [1.54, 1.807) is 0 Å². The van der Waals surface area contributed by atoms with E-state index < -0.39 is 12.1 Å². The van der Waals surface area contributed by atoms with Crippen molar-refractivity contribution in [2.75, 3.05) is 13.7 Å². The van der Waals surface area contributed by atoms with E-state index >= 15 is 0 Å². The number of methoxy groups -OCH3 is 1. The number of rotatable bonds is 2. The van der Waals surface area contributed by atoms with Gasteiger partial charge in [0.25, 0.3) is 0 Å². The third-order valence-corrected chi connectivity index (χ3v) is 3.38. The minimum Gasteiger partial charge on any atom is -0.467 e. The van der Waals surface area contributed by atoms with E-state index in [0.717, 1.165) is 25.7 Å². The summed E-state index contributed by atoms with van der Waals surface area (Å²) in [6.45, 7) is 0.686. The second-order valence-electron chi connectivity index (χ2n) is 4.17. The molecule has 1 saturated heterocycles. The summed E-state index contributed by atoms with van der Waals surface area (Å²) in [5.41, 5.74) is -0.203. The third-order valence-electron chi connectivity index (χ3n) is 3.38. The van der Waals surface area contributed by atoms with Crippen LogP contribution < -0.4 is 0 Å². The summed E-state index contributed by atoms with van der Waals surface area (Å²) in [5, 5.41) is 9.76. The second kappa shape index (κ2) is 3.51. The van der Waals surface area contributed by atoms with Crippen molar-refractivity contribution in [3.8, 4) is 0 Å². The van der Waals surface area contributed by atoms with Crippen molar-refractivity contribution >= 4 is 5.97 Å². The van der Waals surface area contributed by atoms with Crippen LogP contribution >= 0.6 is 0 Å². The number of ether oxygens (including phenoxy) is 2. The van der Waals surface area contributed by atoms with Gasteiger partial charge in [0.05, 0.1) is 19.3 Å². The second-order valence-corrected chi connectivity index (χ2v) is 4.17. The van der Waals surface area contributed by atoms with Crippen molar-refractivity contribution in [3.05, 3.63) is 0 Å². The summed E-state index contributed by atoms with van der Waals surface area (Å²) >= 11 is 0. The van der Waals surface area contributed by atoms with Gasteiger partial charge < -0.3 is 14.6 Å². The molecule has 0 amide bonds. The lowest BCUT2D eigenvalue weighted by atomic mass is 9.76. The first-order chi connectivity index (χ1) is 6.69. The number of epoxide rings is 1. The Labute approximate surface area is 83.2 Å². The molecule has 80 valence electrons. The monoisotopic (exact) mass is 200 g/mol. The summed E-state index contributed by atoms with van der Waals surface area (Å²) in [6, 6.07) is 0. The molecule has 0 aromatic rings. The molecule has 4 heteroatoms. The molecule has 2 fully saturated rings. The largest absolute Gasteiger partial charge is 0.467 e. The first kappa shape index (κ1) is 9.93. The summed E-state index contributed by atoms with van der Waals surface area (Å²) < 4.78 is 9.94. The highest BCUT2D eigenvalue weighted by Crippen LogP contribution is 2.47. The molecule has 1 aliphatic heterocycles. The topological polar surface area (TPSA) is 59.1 Å². The third kappa shape index (κ3) is 1.53. The van der Waals surface area contributed by atoms with Crippen LogP contribution in [0.25, 0.3) is 0 Å². The maximum atomic E-state index is 11.2. The van der Waals surface area contributed by atoms with Crippen LogP contribution in [0.4, 0.5) is 0 Å². The Hall–Kier alpha value is -0.610. The average Bonchev–Trinajstić information content (AvgIpc) is 2.97. The number of carbonyl (C=O) groups excluding carboxylic acids is 1. The zero-order valence-corrected chi connectivity index (χ0v) is 8.36. The Morgan fingerprint density at radius 3 is 2.93 bits per heavy atom. The maximum Gasteiger partial charge on any atom is 0.335 e. The van der Waals surface area contributed by atoms with Crippen LogP contribution in [-0.4, -0.2) is 36.5 Å². The molecule has 2 rings (SSSR count). The fraction of sp³-hybridized carbons (Fsp3) is 0.900. The molecule has 3 atom stereocenters. The molecule has 1 saturated carbocycles. The van der Waals surface area contributed by atoms with Crippen molar-refractivity contribution in [2.24, 2.45) is 5.92 Å². The average molecular weight is 200 g/mol. The molecule has 0 bridgehead atoms. The molecule has 1 unspecified atom stereocenters. The Morgan fingerprint density at radius 1 is 1.64 bits per heavy atom. The number of carbonyl (C=O) groups is 1. The lowest BCUT2D eigenvalue weighted by Crippen LogP contribution is -2.42. The minimum absolute atomic E-state index is 0.0660. The highest BCUT2D eigenvalue weighted by atomic mass is 16.6. The van der Waals surface area contributed by atoms with E-state index in [2.05, 4.69) is 4.74 Å². The van der Waals surface area contributed by atoms with E-state index in [9.17, 15) is 9.90 Å². The van der Waals surface area contributed by atoms with Crippen LogP contribution in [0.15, 0.2) is 0 Å². The molecule has 0 aromatic heterocycles. The molecule has 1 N–H and O–H groups in total. The molecule has 1 aliphatic carbocycles. The van der Waals surface area contributed by atoms with Gasteiger partial charge in [0.2, 0.25) is 0 Å². The maximum absolute atomic E-state index is 11.2. The van der Waals surface area contributed by atoms with Gasteiger partial charge in [0.15, 0.2) is 6.10 Å². The van der Waals surface area contributed by atoms with Crippen LogP contribution in [0.5, 0.6) is 0 Å². The predicted octanol–water partition coefficient (Wildman–Crippen LogP) is 0.479. The number of esters is 1. The van der Waals surface area contributed by atoms with E-state index in [-0.39, 0.29) is 11.5 Å². The Bertz CT molecular complexity index is 234. The molecule has 1 heterocycles. The van der Waals surface area contributed by atoms with Gasteiger partial charge in [0.1, 0.15) is 0 Å². The van der Waals surface area contributed by atoms with Gasteiger partial charge >= 0.3 is 5.97 Å². The van der Waals surface area contributed by atoms with E-state index in [1.807, 2.05) is 0 Å². The predicted molar refractivity (Wildman–Crippen MR) is 48.7 cm³/mol. The Balaban J connectivity index is 2.04. The number of aliphatic hydroxyl groups is 1. The van der Waals surface area contributed by atoms with Gasteiger partial charge in [-0.15, -0.1) is 0 Å². The van der Waals surface area contributed by atoms with Crippen LogP contribution in [-0.2, 0) is 14.3 Å². The van der Waals surface area contributed by atoms with Crippen molar-refractivity contribution in [3.63, 3.8) is 0 Å². The van der Waals surface area contributed by atoms with Crippen LogP contribution in [0.1, 0.15) is 25.7 Å². The van der Waals surface area contributed by atoms with Crippen molar-refractivity contribution in [1.29, 1.82) is 0 Å². The number of hydrogen-bond donors (Lipinski definition) is 1. The molecular formula is C10H16O4. The zero-order valence-electron chi connectivity index (χ0n) is 8.36. The lowest BCUT2D eigenvalue weighted by Gasteiger charge is -2.31. The highest BCUT2D eigenvalue weighted by molar-refractivity contribution is 5.74. The zero-order chi connectivity index (χ0) is 10.2. The van der Waals surface area contributed by atoms with Gasteiger partial charge in [-0.3, -0.25) is 0 Å². The van der Waals surface area contributed by atoms with Gasteiger partial charge in [-0.25, -0.2) is 4.79 Å². The summed E-state index contributed by atoms with van der Waals surface area (Å²) in [4.78, 5) is 11.2. The molecular weight excluding hydrogens is 184 g/mol. The van der Waals surface area contributed by atoms with Gasteiger partial charge in [-0.05, 0) is 12.8 Å². The summed E-state index contributed by atoms with van der Waals surface area (Å²) in [7, 11) is 1.30. The fourth-order valence-corrected chi connectivity index (χ4v) is 2.42. The quantitative estimate of drug-likeness (QED) is 0.520. The summed E-state index contributed by atoms with van der Waals surface area (Å²) in [5.74, 6) is -0.601. The van der Waals surface area contributed by atoms with Crippen LogP contribution in [0.3, 0.4) is 0 Å². The molecule has 0 radical (unpaired) electrons. The normalized spacial score (nSPS) is 38.0. The Morgan fingerprint density at radius 2 is 2.36 bits per heavy atom. The highest BCUT2D eigenvalue weighted by Gasteiger charge is 2.56. The number of hydrogen-bond acceptors (Lipinski definition) is 4. The van der Waals surface area contributed by atoms with Crippen LogP contribution in [0, 0.1) is 5.92 Å². The first-order valence-corrected chi connectivity index (χ1v) is 5.09. The van der Waals surface area contributed by atoms with Gasteiger partial charge in [0, 0.05) is 5.92 Å². The molecule has 0 aromatic carbocycles. The standard InChI is InChI=1S/C10H16O4/c1-13-9(12)8(11)7-4-2-3-5-10(7)6-14-10/h7-8,11H,2-6H2,1H3/t7-,8?,10+/m0/s1. The van der Waals surface area contributed by atoms with Gasteiger partial charge in [-0.1, -0.05) is 12.8 Å². The van der Waals surface area contributed by atoms with Crippen molar-refractivity contribution in [1.82, 2.24) is 0 Å². The van der Waals surface area contributed by atoms with E-state index in [0.29, 0.717) is 6.61 Å². The lowest BCUT2D eigenvalue weighted by molar-refractivity contribution is -0.156. The summed E-state index contributed by atoms with van der Waals surface area (Å²) in [6.07, 6.45) is 3.00. The Kier molecular flexibility index (Phi) is 2.49. The molecule has 4 nitrogen and oxygen atoms in total. The molecule has 14 heavy (non-hydrogen) atoms.